The van der Waals surface area contributed by atoms with E-state index < -0.39 is 18.1 Å². The van der Waals surface area contributed by atoms with Crippen LogP contribution in [0.4, 0.5) is 13.2 Å². The van der Waals surface area contributed by atoms with E-state index in [4.69, 9.17) is 0 Å². The fourth-order valence-corrected chi connectivity index (χ4v) is 3.10. The summed E-state index contributed by atoms with van der Waals surface area (Å²) in [6.07, 6.45) is -0.484. The van der Waals surface area contributed by atoms with Gasteiger partial charge in [-0.1, -0.05) is 6.42 Å². The topological polar surface area (TPSA) is 44.4 Å². The Morgan fingerprint density at radius 2 is 2.05 bits per heavy atom. The molecule has 4 nitrogen and oxygen atoms in total. The summed E-state index contributed by atoms with van der Waals surface area (Å²) in [7, 11) is 2.04. The first-order valence-corrected chi connectivity index (χ1v) is 7.66. The van der Waals surface area contributed by atoms with Crippen molar-refractivity contribution in [1.82, 2.24) is 15.5 Å². The van der Waals surface area contributed by atoms with Gasteiger partial charge in [0.05, 0.1) is 12.0 Å². The molecule has 3 atom stereocenters. The van der Waals surface area contributed by atoms with Gasteiger partial charge in [-0.05, 0) is 39.3 Å². The fraction of sp³-hybridized carbons (Fsp3) is 0.929. The van der Waals surface area contributed by atoms with Crippen LogP contribution in [0.1, 0.15) is 32.1 Å². The molecule has 0 radical (unpaired) electrons. The number of nitrogens with one attached hydrogen (secondary N) is 2. The van der Waals surface area contributed by atoms with E-state index in [1.54, 1.807) is 0 Å². The van der Waals surface area contributed by atoms with Crippen LogP contribution in [0.3, 0.4) is 0 Å². The smallest absolute Gasteiger partial charge is 0.353 e. The second-order valence-corrected chi connectivity index (χ2v) is 6.15. The molecular weight excluding hydrogens is 283 g/mol. The standard InChI is InChI=1S/C14H24F3N3O/c1-20-7-3-2-4-11(20)9-19-13(21)12-6-5-10(8-18-12)14(15,16)17/h10-12,18H,2-9H2,1H3,(H,19,21). The van der Waals surface area contributed by atoms with E-state index >= 15 is 0 Å². The number of halogens is 3. The maximum atomic E-state index is 12.6. The Kier molecular flexibility index (Phi) is 5.48. The number of carbonyl (C=O) groups excluding carboxylic acids is 1. The van der Waals surface area contributed by atoms with E-state index in [1.165, 1.54) is 12.8 Å². The normalized spacial score (nSPS) is 31.9. The van der Waals surface area contributed by atoms with E-state index in [0.717, 1.165) is 13.0 Å². The van der Waals surface area contributed by atoms with Gasteiger partial charge in [0.2, 0.25) is 5.91 Å². The average molecular weight is 307 g/mol. The third-order valence-electron chi connectivity index (χ3n) is 4.63. The summed E-state index contributed by atoms with van der Waals surface area (Å²) in [5.41, 5.74) is 0. The zero-order valence-corrected chi connectivity index (χ0v) is 12.4. The zero-order chi connectivity index (χ0) is 15.5. The molecule has 2 aliphatic rings. The fourth-order valence-electron chi connectivity index (χ4n) is 3.10. The Morgan fingerprint density at radius 3 is 2.62 bits per heavy atom. The summed E-state index contributed by atoms with van der Waals surface area (Å²) in [5, 5.41) is 5.61. The second-order valence-electron chi connectivity index (χ2n) is 6.15. The number of amides is 1. The summed E-state index contributed by atoms with van der Waals surface area (Å²) in [4.78, 5) is 14.3. The highest BCUT2D eigenvalue weighted by Crippen LogP contribution is 2.31. The molecule has 2 fully saturated rings. The molecule has 122 valence electrons. The zero-order valence-electron chi connectivity index (χ0n) is 12.4. The second kappa shape index (κ2) is 6.96. The molecule has 21 heavy (non-hydrogen) atoms. The number of rotatable bonds is 3. The highest BCUT2D eigenvalue weighted by molar-refractivity contribution is 5.81. The van der Waals surface area contributed by atoms with Crippen molar-refractivity contribution in [3.05, 3.63) is 0 Å². The number of piperidine rings is 2. The maximum absolute atomic E-state index is 12.6. The molecule has 2 saturated heterocycles. The number of alkyl halides is 3. The van der Waals surface area contributed by atoms with Crippen molar-refractivity contribution in [1.29, 1.82) is 0 Å². The monoisotopic (exact) mass is 307 g/mol. The van der Waals surface area contributed by atoms with Crippen LogP contribution in [0, 0.1) is 5.92 Å². The molecule has 7 heteroatoms. The SMILES string of the molecule is CN1CCCCC1CNC(=O)C1CCC(C(F)(F)F)CN1. The minimum absolute atomic E-state index is 0.0257. The minimum atomic E-state index is -4.17. The maximum Gasteiger partial charge on any atom is 0.393 e. The summed E-state index contributed by atoms with van der Waals surface area (Å²) in [6, 6.07) is -0.147. The Bertz CT molecular complexity index is 354. The van der Waals surface area contributed by atoms with Gasteiger partial charge in [0, 0.05) is 19.1 Å². The lowest BCUT2D eigenvalue weighted by Gasteiger charge is -2.34. The van der Waals surface area contributed by atoms with Crippen LogP contribution in [0.5, 0.6) is 0 Å². The molecule has 0 aromatic heterocycles. The van der Waals surface area contributed by atoms with Crippen LogP contribution >= 0.6 is 0 Å². The van der Waals surface area contributed by atoms with Crippen LogP contribution in [-0.4, -0.2) is 55.7 Å². The molecule has 0 aliphatic carbocycles. The summed E-state index contributed by atoms with van der Waals surface area (Å²) < 4.78 is 37.7. The van der Waals surface area contributed by atoms with Gasteiger partial charge in [-0.25, -0.2) is 0 Å². The molecule has 1 amide bonds. The molecule has 2 rings (SSSR count). The molecule has 2 aliphatic heterocycles. The number of hydrogen-bond acceptors (Lipinski definition) is 3. The number of likely N-dealkylation sites (N-methyl/N-ethyl adjacent to an activating group) is 1. The Hall–Kier alpha value is -0.820. The number of nitrogens with zero attached hydrogens (tertiary/aromatic N) is 1. The van der Waals surface area contributed by atoms with Crippen molar-refractivity contribution in [3.63, 3.8) is 0 Å². The van der Waals surface area contributed by atoms with Crippen LogP contribution in [0.2, 0.25) is 0 Å². The van der Waals surface area contributed by atoms with Crippen molar-refractivity contribution in [2.45, 2.75) is 50.4 Å². The van der Waals surface area contributed by atoms with Crippen molar-refractivity contribution in [3.8, 4) is 0 Å². The van der Waals surface area contributed by atoms with E-state index in [2.05, 4.69) is 15.5 Å². The highest BCUT2D eigenvalue weighted by atomic mass is 19.4. The lowest BCUT2D eigenvalue weighted by molar-refractivity contribution is -0.180. The number of likely N-dealkylation sites (tertiary alicyclic amines) is 1. The number of carbonyl (C=O) groups is 1. The molecule has 2 heterocycles. The molecule has 3 unspecified atom stereocenters. The molecule has 0 spiro atoms. The predicted molar refractivity (Wildman–Crippen MR) is 73.8 cm³/mol. The first-order chi connectivity index (χ1) is 9.88. The first kappa shape index (κ1) is 16.5. The summed E-state index contributed by atoms with van der Waals surface area (Å²) in [6.45, 7) is 1.45. The summed E-state index contributed by atoms with van der Waals surface area (Å²) >= 11 is 0. The van der Waals surface area contributed by atoms with E-state index in [-0.39, 0.29) is 25.3 Å². The largest absolute Gasteiger partial charge is 0.393 e. The Labute approximate surface area is 123 Å². The Morgan fingerprint density at radius 1 is 1.29 bits per heavy atom. The van der Waals surface area contributed by atoms with Crippen LogP contribution in [0.15, 0.2) is 0 Å². The predicted octanol–water partition coefficient (Wildman–Crippen LogP) is 1.52. The van der Waals surface area contributed by atoms with Gasteiger partial charge in [-0.2, -0.15) is 13.2 Å². The molecular formula is C14H24F3N3O. The lowest BCUT2D eigenvalue weighted by atomic mass is 9.93. The van der Waals surface area contributed by atoms with Gasteiger partial charge >= 0.3 is 6.18 Å². The van der Waals surface area contributed by atoms with Gasteiger partial charge in [-0.3, -0.25) is 4.79 Å². The minimum Gasteiger partial charge on any atom is -0.353 e. The summed E-state index contributed by atoms with van der Waals surface area (Å²) in [5.74, 6) is -1.50. The Balaban J connectivity index is 1.72. The third-order valence-corrected chi connectivity index (χ3v) is 4.63. The van der Waals surface area contributed by atoms with Crippen molar-refractivity contribution in [2.24, 2.45) is 5.92 Å². The van der Waals surface area contributed by atoms with Gasteiger partial charge in [0.15, 0.2) is 0 Å². The van der Waals surface area contributed by atoms with Gasteiger partial charge in [0.25, 0.3) is 0 Å². The van der Waals surface area contributed by atoms with Crippen molar-refractivity contribution >= 4 is 5.91 Å². The third kappa shape index (κ3) is 4.57. The van der Waals surface area contributed by atoms with E-state index in [1.807, 2.05) is 7.05 Å². The van der Waals surface area contributed by atoms with Gasteiger partial charge in [0.1, 0.15) is 0 Å². The highest BCUT2D eigenvalue weighted by Gasteiger charge is 2.42. The van der Waals surface area contributed by atoms with E-state index in [0.29, 0.717) is 12.6 Å². The molecule has 0 aromatic rings. The van der Waals surface area contributed by atoms with Crippen molar-refractivity contribution in [2.75, 3.05) is 26.7 Å². The van der Waals surface area contributed by atoms with E-state index in [9.17, 15) is 18.0 Å². The van der Waals surface area contributed by atoms with Gasteiger partial charge < -0.3 is 15.5 Å². The first-order valence-electron chi connectivity index (χ1n) is 7.66. The quantitative estimate of drug-likeness (QED) is 0.831. The molecule has 0 bridgehead atoms. The van der Waals surface area contributed by atoms with Crippen LogP contribution < -0.4 is 10.6 Å². The average Bonchev–Trinajstić information content (AvgIpc) is 2.45. The molecule has 2 N–H and O–H groups in total. The molecule has 0 saturated carbocycles. The van der Waals surface area contributed by atoms with Crippen molar-refractivity contribution < 1.29 is 18.0 Å². The number of hydrogen-bond donors (Lipinski definition) is 2. The molecule has 0 aromatic carbocycles. The van der Waals surface area contributed by atoms with Crippen LogP contribution in [-0.2, 0) is 4.79 Å². The lowest BCUT2D eigenvalue weighted by Crippen LogP contribution is -2.53. The van der Waals surface area contributed by atoms with Crippen LogP contribution in [0.25, 0.3) is 0 Å². The van der Waals surface area contributed by atoms with Gasteiger partial charge in [-0.15, -0.1) is 0 Å².